The fourth-order valence-electron chi connectivity index (χ4n) is 2.67. The minimum atomic E-state index is -0.842. The Balaban J connectivity index is 2.20. The first kappa shape index (κ1) is 16.3. The van der Waals surface area contributed by atoms with E-state index < -0.39 is 11.6 Å². The lowest BCUT2D eigenvalue weighted by molar-refractivity contribution is 0.0211. The number of amides is 1. The number of aromatic hydroxyl groups is 1. The van der Waals surface area contributed by atoms with Gasteiger partial charge in [0.05, 0.1) is 18.3 Å². The van der Waals surface area contributed by atoms with E-state index in [0.29, 0.717) is 13.1 Å². The van der Waals surface area contributed by atoms with E-state index in [-0.39, 0.29) is 28.7 Å². The highest BCUT2D eigenvalue weighted by atomic mass is 16.5. The molecule has 0 radical (unpaired) electrons. The molecule has 1 amide bonds. The molecule has 2 rings (SSSR count). The van der Waals surface area contributed by atoms with Crippen LogP contribution in [0.2, 0.25) is 0 Å². The number of likely N-dealkylation sites (tertiary alicyclic amines) is 1. The molecule has 0 aliphatic carbocycles. The van der Waals surface area contributed by atoms with Gasteiger partial charge in [-0.1, -0.05) is 0 Å². The zero-order valence-electron chi connectivity index (χ0n) is 13.0. The lowest BCUT2D eigenvalue weighted by atomic mass is 9.90. The maximum atomic E-state index is 12.5. The third-order valence-electron chi connectivity index (χ3n) is 4.06. The number of rotatable bonds is 3. The van der Waals surface area contributed by atoms with Crippen LogP contribution in [0.4, 0.5) is 0 Å². The molecule has 0 unspecified atom stereocenters. The molecule has 2 N–H and O–H groups in total. The number of carbonyl (C=O) groups excluding carboxylic acids is 2. The van der Waals surface area contributed by atoms with E-state index in [1.165, 1.54) is 25.3 Å². The number of esters is 1. The van der Waals surface area contributed by atoms with Gasteiger partial charge in [-0.15, -0.1) is 0 Å². The molecule has 0 spiro atoms. The number of carbonyl (C=O) groups is 2. The van der Waals surface area contributed by atoms with Crippen LogP contribution < -0.4 is 0 Å². The van der Waals surface area contributed by atoms with Crippen LogP contribution in [0.25, 0.3) is 0 Å². The van der Waals surface area contributed by atoms with Gasteiger partial charge in [0.15, 0.2) is 0 Å². The molecular weight excluding hydrogens is 286 g/mol. The molecule has 0 saturated carbocycles. The third kappa shape index (κ3) is 3.39. The number of nitrogens with zero attached hydrogens (tertiary/aromatic N) is 1. The molecule has 1 atom stereocenters. The minimum Gasteiger partial charge on any atom is -0.508 e. The lowest BCUT2D eigenvalue weighted by Crippen LogP contribution is -2.35. The molecule has 1 aromatic carbocycles. The van der Waals surface area contributed by atoms with Gasteiger partial charge in [0, 0.05) is 24.6 Å². The van der Waals surface area contributed by atoms with Crippen molar-refractivity contribution in [1.29, 1.82) is 0 Å². The van der Waals surface area contributed by atoms with Crippen molar-refractivity contribution in [2.24, 2.45) is 5.92 Å². The second-order valence-corrected chi connectivity index (χ2v) is 6.15. The van der Waals surface area contributed by atoms with Gasteiger partial charge in [-0.2, -0.15) is 0 Å². The van der Waals surface area contributed by atoms with Crippen molar-refractivity contribution in [3.05, 3.63) is 29.3 Å². The van der Waals surface area contributed by atoms with Crippen molar-refractivity contribution >= 4 is 11.9 Å². The van der Waals surface area contributed by atoms with Crippen LogP contribution in [0, 0.1) is 5.92 Å². The second kappa shape index (κ2) is 5.96. The van der Waals surface area contributed by atoms with Crippen LogP contribution in [0.15, 0.2) is 18.2 Å². The normalized spacial score (nSPS) is 18.4. The van der Waals surface area contributed by atoms with Gasteiger partial charge in [-0.3, -0.25) is 4.79 Å². The average Bonchev–Trinajstić information content (AvgIpc) is 2.94. The van der Waals surface area contributed by atoms with E-state index in [2.05, 4.69) is 4.74 Å². The van der Waals surface area contributed by atoms with Crippen LogP contribution in [0.1, 0.15) is 41.0 Å². The summed E-state index contributed by atoms with van der Waals surface area (Å²) in [5.74, 6) is -1.04. The SMILES string of the molecule is COC(=O)c1cc(O)cc(C(=O)N2CC[C@H](C(C)(C)O)C2)c1. The molecule has 1 fully saturated rings. The van der Waals surface area contributed by atoms with Crippen LogP contribution in [-0.4, -0.2) is 52.8 Å². The number of aliphatic hydroxyl groups is 1. The van der Waals surface area contributed by atoms with Crippen molar-refractivity contribution in [2.45, 2.75) is 25.9 Å². The first-order valence-corrected chi connectivity index (χ1v) is 7.16. The molecule has 1 saturated heterocycles. The van der Waals surface area contributed by atoms with Crippen molar-refractivity contribution in [1.82, 2.24) is 4.90 Å². The Morgan fingerprint density at radius 3 is 2.45 bits per heavy atom. The quantitative estimate of drug-likeness (QED) is 0.825. The lowest BCUT2D eigenvalue weighted by Gasteiger charge is -2.25. The summed E-state index contributed by atoms with van der Waals surface area (Å²) in [6, 6.07) is 3.99. The molecule has 1 aliphatic rings. The van der Waals surface area contributed by atoms with E-state index >= 15 is 0 Å². The molecule has 0 aromatic heterocycles. The van der Waals surface area contributed by atoms with Crippen LogP contribution in [0.5, 0.6) is 5.75 Å². The summed E-state index contributed by atoms with van der Waals surface area (Å²) in [6.45, 7) is 4.45. The van der Waals surface area contributed by atoms with Gasteiger partial charge in [0.25, 0.3) is 5.91 Å². The summed E-state index contributed by atoms with van der Waals surface area (Å²) in [5.41, 5.74) is -0.480. The maximum Gasteiger partial charge on any atom is 0.338 e. The van der Waals surface area contributed by atoms with Crippen molar-refractivity contribution in [2.75, 3.05) is 20.2 Å². The van der Waals surface area contributed by atoms with Gasteiger partial charge in [0.1, 0.15) is 5.75 Å². The third-order valence-corrected chi connectivity index (χ3v) is 4.06. The number of phenols is 1. The molecule has 1 aliphatic heterocycles. The summed E-state index contributed by atoms with van der Waals surface area (Å²) < 4.78 is 4.61. The van der Waals surface area contributed by atoms with Crippen molar-refractivity contribution in [3.63, 3.8) is 0 Å². The Kier molecular flexibility index (Phi) is 4.42. The molecule has 120 valence electrons. The predicted octanol–water partition coefficient (Wildman–Crippen LogP) is 1.41. The molecular formula is C16H21NO5. The largest absolute Gasteiger partial charge is 0.508 e. The van der Waals surface area contributed by atoms with E-state index in [9.17, 15) is 19.8 Å². The van der Waals surface area contributed by atoms with Crippen LogP contribution >= 0.6 is 0 Å². The monoisotopic (exact) mass is 307 g/mol. The minimum absolute atomic E-state index is 0.00818. The van der Waals surface area contributed by atoms with Crippen LogP contribution in [-0.2, 0) is 4.74 Å². The van der Waals surface area contributed by atoms with Gasteiger partial charge in [0.2, 0.25) is 0 Å². The number of benzene rings is 1. The molecule has 6 heteroatoms. The highest BCUT2D eigenvalue weighted by Gasteiger charge is 2.35. The molecule has 0 bridgehead atoms. The topological polar surface area (TPSA) is 87.1 Å². The van der Waals surface area contributed by atoms with Gasteiger partial charge in [-0.25, -0.2) is 4.79 Å². The highest BCUT2D eigenvalue weighted by molar-refractivity contribution is 5.98. The van der Waals surface area contributed by atoms with E-state index in [1.54, 1.807) is 18.7 Å². The van der Waals surface area contributed by atoms with Crippen molar-refractivity contribution < 1.29 is 24.5 Å². The average molecular weight is 307 g/mol. The fourth-order valence-corrected chi connectivity index (χ4v) is 2.67. The first-order chi connectivity index (χ1) is 10.2. The van der Waals surface area contributed by atoms with E-state index in [0.717, 1.165) is 6.42 Å². The smallest absolute Gasteiger partial charge is 0.338 e. The number of phenolic OH excluding ortho intramolecular Hbond substituents is 1. The Morgan fingerprint density at radius 1 is 1.27 bits per heavy atom. The number of ether oxygens (including phenoxy) is 1. The Bertz CT molecular complexity index is 591. The van der Waals surface area contributed by atoms with E-state index in [1.807, 2.05) is 0 Å². The molecule has 1 heterocycles. The summed E-state index contributed by atoms with van der Waals surface area (Å²) in [6.07, 6.45) is 0.720. The van der Waals surface area contributed by atoms with Gasteiger partial charge in [-0.05, 0) is 38.5 Å². The first-order valence-electron chi connectivity index (χ1n) is 7.16. The van der Waals surface area contributed by atoms with Gasteiger partial charge < -0.3 is 19.8 Å². The number of hydrogen-bond donors (Lipinski definition) is 2. The fraction of sp³-hybridized carbons (Fsp3) is 0.500. The maximum absolute atomic E-state index is 12.5. The summed E-state index contributed by atoms with van der Waals surface area (Å²) in [7, 11) is 1.24. The Labute approximate surface area is 129 Å². The van der Waals surface area contributed by atoms with E-state index in [4.69, 9.17) is 0 Å². The molecule has 6 nitrogen and oxygen atoms in total. The summed E-state index contributed by atoms with van der Waals surface area (Å²) >= 11 is 0. The standard InChI is InChI=1S/C16H21NO5/c1-16(2,21)12-4-5-17(9-12)14(19)10-6-11(15(20)22-3)8-13(18)7-10/h6-8,12,18,21H,4-5,9H2,1-3H3/t12-/m0/s1. The Morgan fingerprint density at radius 2 is 1.91 bits per heavy atom. The van der Waals surface area contributed by atoms with Gasteiger partial charge >= 0.3 is 5.97 Å². The molecule has 22 heavy (non-hydrogen) atoms. The second-order valence-electron chi connectivity index (χ2n) is 6.15. The van der Waals surface area contributed by atoms with Crippen LogP contribution in [0.3, 0.4) is 0 Å². The number of hydrogen-bond acceptors (Lipinski definition) is 5. The predicted molar refractivity (Wildman–Crippen MR) is 79.8 cm³/mol. The Hall–Kier alpha value is -2.08. The highest BCUT2D eigenvalue weighted by Crippen LogP contribution is 2.28. The molecule has 1 aromatic rings. The number of methoxy groups -OCH3 is 1. The summed E-state index contributed by atoms with van der Waals surface area (Å²) in [4.78, 5) is 25.7. The zero-order chi connectivity index (χ0) is 16.5. The summed E-state index contributed by atoms with van der Waals surface area (Å²) in [5, 5.41) is 19.7. The van der Waals surface area contributed by atoms with Crippen molar-refractivity contribution in [3.8, 4) is 5.75 Å². The zero-order valence-corrected chi connectivity index (χ0v) is 13.0.